The molecule has 0 aromatic heterocycles. The van der Waals surface area contributed by atoms with Gasteiger partial charge in [-0.05, 0) is 6.07 Å². The Morgan fingerprint density at radius 2 is 1.58 bits per heavy atom. The fourth-order valence-electron chi connectivity index (χ4n) is 5.57. The van der Waals surface area contributed by atoms with E-state index in [-0.39, 0.29) is 26.8 Å². The minimum Gasteiger partial charge on any atom is -0.496 e. The highest BCUT2D eigenvalue weighted by atomic mass is 16.7. The average molecular weight is 502 g/mol. The van der Waals surface area contributed by atoms with Gasteiger partial charge in [-0.1, -0.05) is 0 Å². The summed E-state index contributed by atoms with van der Waals surface area (Å²) in [6.07, 6.45) is -1.28. The molecule has 0 radical (unpaired) electrons. The fourth-order valence-corrected chi connectivity index (χ4v) is 5.57. The Balaban J connectivity index is 1.46. The highest BCUT2D eigenvalue weighted by Crippen LogP contribution is 2.61. The summed E-state index contributed by atoms with van der Waals surface area (Å²) in [4.78, 5) is 12.4. The third kappa shape index (κ3) is 3.22. The first kappa shape index (κ1) is 22.9. The van der Waals surface area contributed by atoms with Crippen molar-refractivity contribution in [3.05, 3.63) is 29.3 Å². The molecule has 0 unspecified atom stereocenters. The van der Waals surface area contributed by atoms with Gasteiger partial charge in [0, 0.05) is 24.6 Å². The van der Waals surface area contributed by atoms with Crippen molar-refractivity contribution in [1.29, 1.82) is 0 Å². The molecular weight excluding hydrogens is 476 g/mol. The summed E-state index contributed by atoms with van der Waals surface area (Å²) in [5.74, 6) is 2.73. The van der Waals surface area contributed by atoms with Crippen LogP contribution < -0.4 is 33.2 Å². The lowest BCUT2D eigenvalue weighted by Crippen LogP contribution is -2.43. The molecule has 11 nitrogen and oxygen atoms in total. The SMILES string of the molecule is COc1cc2c(cc1[C@@H]1OC[C@H]3[C@H](c4c(OC)cc5c(c4OC)OCO5)OC[C@@]13OC(C)=O)OCO2. The zero-order chi connectivity index (χ0) is 25.0. The van der Waals surface area contributed by atoms with Gasteiger partial charge in [0.25, 0.3) is 0 Å². The van der Waals surface area contributed by atoms with Crippen LogP contribution in [0.2, 0.25) is 0 Å². The monoisotopic (exact) mass is 502 g/mol. The molecule has 6 rings (SSSR count). The van der Waals surface area contributed by atoms with Crippen LogP contribution in [0.4, 0.5) is 0 Å². The molecule has 0 amide bonds. The highest BCUT2D eigenvalue weighted by molar-refractivity contribution is 5.68. The number of benzene rings is 2. The van der Waals surface area contributed by atoms with Gasteiger partial charge in [-0.3, -0.25) is 4.79 Å². The van der Waals surface area contributed by atoms with Crippen molar-refractivity contribution in [2.24, 2.45) is 5.92 Å². The number of rotatable bonds is 6. The zero-order valence-electron chi connectivity index (χ0n) is 20.3. The second-order valence-corrected chi connectivity index (χ2v) is 8.81. The molecule has 4 aliphatic rings. The van der Waals surface area contributed by atoms with Gasteiger partial charge in [0.2, 0.25) is 19.3 Å². The van der Waals surface area contributed by atoms with Crippen molar-refractivity contribution in [2.45, 2.75) is 24.7 Å². The Morgan fingerprint density at radius 1 is 0.889 bits per heavy atom. The maximum Gasteiger partial charge on any atom is 0.303 e. The number of fused-ring (bicyclic) bond motifs is 3. The van der Waals surface area contributed by atoms with Crippen LogP contribution in [0.25, 0.3) is 0 Å². The van der Waals surface area contributed by atoms with E-state index in [4.69, 9.17) is 47.4 Å². The van der Waals surface area contributed by atoms with Gasteiger partial charge in [-0.15, -0.1) is 0 Å². The molecule has 2 fully saturated rings. The van der Waals surface area contributed by atoms with E-state index < -0.39 is 29.7 Å². The van der Waals surface area contributed by atoms with Crippen LogP contribution >= 0.6 is 0 Å². The maximum absolute atomic E-state index is 12.4. The van der Waals surface area contributed by atoms with E-state index in [1.165, 1.54) is 6.92 Å². The van der Waals surface area contributed by atoms with Crippen LogP contribution in [0.15, 0.2) is 18.2 Å². The summed E-state index contributed by atoms with van der Waals surface area (Å²) < 4.78 is 58.1. The number of carbonyl (C=O) groups is 1. The quantitative estimate of drug-likeness (QED) is 0.544. The number of hydrogen-bond acceptors (Lipinski definition) is 11. The number of hydrogen-bond donors (Lipinski definition) is 0. The second-order valence-electron chi connectivity index (χ2n) is 8.81. The summed E-state index contributed by atoms with van der Waals surface area (Å²) in [6, 6.07) is 5.28. The zero-order valence-corrected chi connectivity index (χ0v) is 20.3. The molecule has 11 heteroatoms. The lowest BCUT2D eigenvalue weighted by atomic mass is 9.79. The smallest absolute Gasteiger partial charge is 0.303 e. The third-order valence-electron chi connectivity index (χ3n) is 7.04. The topological polar surface area (TPSA) is 109 Å². The highest BCUT2D eigenvalue weighted by Gasteiger charge is 2.64. The number of ether oxygens (including phenoxy) is 10. The van der Waals surface area contributed by atoms with Gasteiger partial charge in [-0.25, -0.2) is 0 Å². The molecule has 0 saturated carbocycles. The van der Waals surface area contributed by atoms with E-state index >= 15 is 0 Å². The molecule has 4 atom stereocenters. The van der Waals surface area contributed by atoms with Crippen LogP contribution in [0, 0.1) is 5.92 Å². The average Bonchev–Trinajstić information content (AvgIpc) is 3.65. The van der Waals surface area contributed by atoms with E-state index in [1.807, 2.05) is 0 Å². The lowest BCUT2D eigenvalue weighted by Gasteiger charge is -2.33. The lowest BCUT2D eigenvalue weighted by molar-refractivity contribution is -0.167. The minimum absolute atomic E-state index is 0.0692. The Bertz CT molecular complexity index is 1210. The molecule has 2 saturated heterocycles. The molecule has 192 valence electrons. The summed E-state index contributed by atoms with van der Waals surface area (Å²) >= 11 is 0. The first-order valence-corrected chi connectivity index (χ1v) is 11.5. The van der Waals surface area contributed by atoms with Gasteiger partial charge in [0.05, 0.1) is 52.1 Å². The van der Waals surface area contributed by atoms with Crippen LogP contribution in [-0.2, 0) is 19.0 Å². The Morgan fingerprint density at radius 3 is 2.31 bits per heavy atom. The molecule has 0 N–H and O–H groups in total. The molecule has 36 heavy (non-hydrogen) atoms. The van der Waals surface area contributed by atoms with Crippen molar-refractivity contribution >= 4 is 5.97 Å². The normalized spacial score (nSPS) is 27.1. The number of esters is 1. The van der Waals surface area contributed by atoms with Crippen LogP contribution in [0.3, 0.4) is 0 Å². The minimum atomic E-state index is -1.15. The molecular formula is C25H26O11. The largest absolute Gasteiger partial charge is 0.496 e. The maximum atomic E-state index is 12.4. The van der Waals surface area contributed by atoms with Crippen molar-refractivity contribution in [1.82, 2.24) is 0 Å². The summed E-state index contributed by atoms with van der Waals surface area (Å²) in [5, 5.41) is 0. The Kier molecular flexibility index (Phi) is 5.41. The van der Waals surface area contributed by atoms with Crippen molar-refractivity contribution in [3.8, 4) is 40.2 Å². The van der Waals surface area contributed by atoms with E-state index in [2.05, 4.69) is 0 Å². The van der Waals surface area contributed by atoms with Gasteiger partial charge in [0.1, 0.15) is 17.6 Å². The molecule has 2 aromatic rings. The summed E-state index contributed by atoms with van der Waals surface area (Å²) in [5.41, 5.74) is 0.147. The molecule has 0 spiro atoms. The number of carbonyl (C=O) groups excluding carboxylic acids is 1. The van der Waals surface area contributed by atoms with E-state index in [1.54, 1.807) is 39.5 Å². The van der Waals surface area contributed by atoms with E-state index in [0.29, 0.717) is 51.4 Å². The number of methoxy groups -OCH3 is 3. The van der Waals surface area contributed by atoms with Crippen molar-refractivity contribution in [2.75, 3.05) is 48.1 Å². The first-order valence-electron chi connectivity index (χ1n) is 11.5. The summed E-state index contributed by atoms with van der Waals surface area (Å²) in [7, 11) is 4.66. The molecule has 2 aromatic carbocycles. The van der Waals surface area contributed by atoms with Crippen LogP contribution in [0.5, 0.6) is 40.2 Å². The predicted octanol–water partition coefficient (Wildman–Crippen LogP) is 2.93. The molecule has 4 heterocycles. The first-order chi connectivity index (χ1) is 17.5. The van der Waals surface area contributed by atoms with Crippen molar-refractivity contribution < 1.29 is 52.2 Å². The molecule has 0 aliphatic carbocycles. The van der Waals surface area contributed by atoms with Crippen molar-refractivity contribution in [3.63, 3.8) is 0 Å². The fraction of sp³-hybridized carbons (Fsp3) is 0.480. The second kappa shape index (κ2) is 8.52. The summed E-state index contributed by atoms with van der Waals surface area (Å²) in [6.45, 7) is 1.86. The van der Waals surface area contributed by atoms with E-state index in [9.17, 15) is 4.79 Å². The van der Waals surface area contributed by atoms with Gasteiger partial charge < -0.3 is 47.4 Å². The van der Waals surface area contributed by atoms with Gasteiger partial charge in [-0.2, -0.15) is 0 Å². The van der Waals surface area contributed by atoms with E-state index in [0.717, 1.165) is 0 Å². The van der Waals surface area contributed by atoms with Gasteiger partial charge in [0.15, 0.2) is 28.6 Å². The predicted molar refractivity (Wildman–Crippen MR) is 120 cm³/mol. The van der Waals surface area contributed by atoms with Crippen LogP contribution in [-0.4, -0.2) is 59.7 Å². The third-order valence-corrected chi connectivity index (χ3v) is 7.04. The molecule has 0 bridgehead atoms. The van der Waals surface area contributed by atoms with Crippen LogP contribution in [0.1, 0.15) is 30.3 Å². The standard InChI is InChI=1S/C25H26O11/c1-12(26)36-25-9-31-21(20-18(28-3)7-19-22(23(20)29-4)35-11-34-19)14(25)8-30-24(25)13-5-16-17(33-10-32-16)6-15(13)27-2/h5-7,14,21,24H,8-11H2,1-4H3/t14-,21+,24-,25-/m0/s1. The molecule has 4 aliphatic heterocycles. The Labute approximate surface area is 207 Å². The van der Waals surface area contributed by atoms with Gasteiger partial charge >= 0.3 is 5.97 Å². The Hall–Kier alpha value is -3.57.